The highest BCUT2D eigenvalue weighted by molar-refractivity contribution is 9.10. The van der Waals surface area contributed by atoms with E-state index in [1.54, 1.807) is 29.2 Å². The molecular formula is C16H19BrN2O4. The van der Waals surface area contributed by atoms with Gasteiger partial charge in [-0.3, -0.25) is 14.4 Å². The molecule has 1 saturated heterocycles. The van der Waals surface area contributed by atoms with Crippen molar-refractivity contribution < 1.29 is 19.5 Å². The second kappa shape index (κ2) is 8.10. The first kappa shape index (κ1) is 17.5. The van der Waals surface area contributed by atoms with E-state index in [0.717, 1.165) is 4.47 Å². The number of amides is 2. The van der Waals surface area contributed by atoms with Gasteiger partial charge in [-0.25, -0.2) is 0 Å². The number of halogens is 1. The van der Waals surface area contributed by atoms with Gasteiger partial charge in [-0.1, -0.05) is 15.9 Å². The maximum absolute atomic E-state index is 12.1. The van der Waals surface area contributed by atoms with Crippen LogP contribution in [0.2, 0.25) is 0 Å². The molecule has 124 valence electrons. The lowest BCUT2D eigenvalue weighted by molar-refractivity contribution is -0.145. The summed E-state index contributed by atoms with van der Waals surface area (Å²) >= 11 is 3.30. The molecule has 0 radical (unpaired) electrons. The number of aliphatic carboxylic acids is 1. The van der Waals surface area contributed by atoms with E-state index in [-0.39, 0.29) is 31.3 Å². The topological polar surface area (TPSA) is 86.7 Å². The van der Waals surface area contributed by atoms with Gasteiger partial charge in [-0.2, -0.15) is 0 Å². The van der Waals surface area contributed by atoms with Crippen molar-refractivity contribution in [1.29, 1.82) is 0 Å². The maximum Gasteiger partial charge on any atom is 0.308 e. The molecule has 0 bridgehead atoms. The fraction of sp³-hybridized carbons (Fsp3) is 0.438. The number of hydrogen-bond donors (Lipinski definition) is 2. The van der Waals surface area contributed by atoms with Crippen molar-refractivity contribution in [1.82, 2.24) is 10.2 Å². The van der Waals surface area contributed by atoms with Crippen LogP contribution in [0.25, 0.3) is 0 Å². The van der Waals surface area contributed by atoms with Crippen molar-refractivity contribution in [3.63, 3.8) is 0 Å². The van der Waals surface area contributed by atoms with Gasteiger partial charge in [0.05, 0.1) is 5.92 Å². The molecule has 2 amide bonds. The molecule has 0 spiro atoms. The highest BCUT2D eigenvalue weighted by Crippen LogP contribution is 2.17. The summed E-state index contributed by atoms with van der Waals surface area (Å²) in [6, 6.07) is 6.95. The van der Waals surface area contributed by atoms with E-state index in [1.165, 1.54) is 0 Å². The van der Waals surface area contributed by atoms with E-state index in [0.29, 0.717) is 24.9 Å². The van der Waals surface area contributed by atoms with Gasteiger partial charge in [0.15, 0.2) is 0 Å². The third-order valence-electron chi connectivity index (χ3n) is 3.85. The first-order chi connectivity index (χ1) is 11.0. The number of piperidine rings is 1. The van der Waals surface area contributed by atoms with Crippen LogP contribution in [0.3, 0.4) is 0 Å². The number of carboxylic acid groups (broad SMARTS) is 1. The maximum atomic E-state index is 12.1. The van der Waals surface area contributed by atoms with Gasteiger partial charge < -0.3 is 15.3 Å². The lowest BCUT2D eigenvalue weighted by atomic mass is 9.98. The third-order valence-corrected chi connectivity index (χ3v) is 4.38. The zero-order valence-electron chi connectivity index (χ0n) is 12.6. The minimum absolute atomic E-state index is 0.118. The molecule has 1 heterocycles. The molecule has 0 aliphatic carbocycles. The first-order valence-corrected chi connectivity index (χ1v) is 8.31. The Morgan fingerprint density at radius 1 is 1.26 bits per heavy atom. The predicted octanol–water partition coefficient (Wildman–Crippen LogP) is 1.89. The first-order valence-electron chi connectivity index (χ1n) is 7.51. The van der Waals surface area contributed by atoms with Crippen LogP contribution >= 0.6 is 15.9 Å². The molecule has 6 nitrogen and oxygen atoms in total. The van der Waals surface area contributed by atoms with Crippen LogP contribution in [-0.4, -0.2) is 47.4 Å². The van der Waals surface area contributed by atoms with Crippen molar-refractivity contribution in [2.45, 2.75) is 19.3 Å². The second-order valence-corrected chi connectivity index (χ2v) is 6.45. The molecule has 1 aliphatic heterocycles. The van der Waals surface area contributed by atoms with Gasteiger partial charge in [0.25, 0.3) is 5.91 Å². The molecule has 1 fully saturated rings. The van der Waals surface area contributed by atoms with Crippen LogP contribution in [0.1, 0.15) is 29.6 Å². The van der Waals surface area contributed by atoms with E-state index >= 15 is 0 Å². The highest BCUT2D eigenvalue weighted by atomic mass is 79.9. The summed E-state index contributed by atoms with van der Waals surface area (Å²) in [6.07, 6.45) is 1.49. The fourth-order valence-electron chi connectivity index (χ4n) is 2.55. The molecule has 0 aromatic heterocycles. The standard InChI is InChI=1S/C16H19BrN2O4/c17-13-5-3-11(4-6-13)15(21)18-8-7-14(20)19-9-1-2-12(10-19)16(22)23/h3-6,12H,1-2,7-10H2,(H,18,21)(H,22,23). The van der Waals surface area contributed by atoms with Crippen LogP contribution in [0.15, 0.2) is 28.7 Å². The van der Waals surface area contributed by atoms with Crippen LogP contribution in [-0.2, 0) is 9.59 Å². The molecule has 2 N–H and O–H groups in total. The van der Waals surface area contributed by atoms with Crippen molar-refractivity contribution in [2.75, 3.05) is 19.6 Å². The summed E-state index contributed by atoms with van der Waals surface area (Å²) in [5.41, 5.74) is 0.532. The van der Waals surface area contributed by atoms with E-state index in [9.17, 15) is 14.4 Å². The van der Waals surface area contributed by atoms with E-state index in [2.05, 4.69) is 21.2 Å². The Labute approximate surface area is 143 Å². The number of carbonyl (C=O) groups excluding carboxylic acids is 2. The van der Waals surface area contributed by atoms with E-state index in [1.807, 2.05) is 0 Å². The van der Waals surface area contributed by atoms with Gasteiger partial charge in [0.2, 0.25) is 5.91 Å². The molecule has 23 heavy (non-hydrogen) atoms. The summed E-state index contributed by atoms with van der Waals surface area (Å²) in [7, 11) is 0. The molecule has 1 atom stereocenters. The average Bonchev–Trinajstić information content (AvgIpc) is 2.55. The molecule has 2 rings (SSSR count). The highest BCUT2D eigenvalue weighted by Gasteiger charge is 2.27. The Balaban J connectivity index is 1.77. The summed E-state index contributed by atoms with van der Waals surface area (Å²) < 4.78 is 0.891. The Kier molecular flexibility index (Phi) is 6.15. The van der Waals surface area contributed by atoms with Gasteiger partial charge in [0, 0.05) is 36.1 Å². The van der Waals surface area contributed by atoms with Crippen LogP contribution in [0.5, 0.6) is 0 Å². The molecule has 1 aromatic carbocycles. The van der Waals surface area contributed by atoms with Crippen molar-refractivity contribution in [3.05, 3.63) is 34.3 Å². The zero-order valence-corrected chi connectivity index (χ0v) is 14.2. The number of benzene rings is 1. The molecule has 1 aromatic rings. The molecule has 1 aliphatic rings. The van der Waals surface area contributed by atoms with Gasteiger partial charge in [-0.05, 0) is 37.1 Å². The Morgan fingerprint density at radius 3 is 2.61 bits per heavy atom. The van der Waals surface area contributed by atoms with Crippen LogP contribution in [0, 0.1) is 5.92 Å². The number of likely N-dealkylation sites (tertiary alicyclic amines) is 1. The number of carbonyl (C=O) groups is 3. The van der Waals surface area contributed by atoms with Gasteiger partial charge in [0.1, 0.15) is 0 Å². The summed E-state index contributed by atoms with van der Waals surface area (Å²) in [4.78, 5) is 36.6. The second-order valence-electron chi connectivity index (χ2n) is 5.53. The SMILES string of the molecule is O=C(NCCC(=O)N1CCCC(C(=O)O)C1)c1ccc(Br)cc1. The van der Waals surface area contributed by atoms with Gasteiger partial charge >= 0.3 is 5.97 Å². The zero-order chi connectivity index (χ0) is 16.8. The van der Waals surface area contributed by atoms with Gasteiger partial charge in [-0.15, -0.1) is 0 Å². The van der Waals surface area contributed by atoms with Crippen LogP contribution in [0.4, 0.5) is 0 Å². The minimum atomic E-state index is -0.856. The largest absolute Gasteiger partial charge is 0.481 e. The fourth-order valence-corrected chi connectivity index (χ4v) is 2.81. The third kappa shape index (κ3) is 5.06. The average molecular weight is 383 g/mol. The predicted molar refractivity (Wildman–Crippen MR) is 88.0 cm³/mol. The van der Waals surface area contributed by atoms with Crippen molar-refractivity contribution in [3.8, 4) is 0 Å². The summed E-state index contributed by atoms with van der Waals surface area (Å²) in [5, 5.41) is 11.7. The number of nitrogens with zero attached hydrogens (tertiary/aromatic N) is 1. The number of hydrogen-bond acceptors (Lipinski definition) is 3. The number of nitrogens with one attached hydrogen (secondary N) is 1. The summed E-state index contributed by atoms with van der Waals surface area (Å²) in [6.45, 7) is 1.08. The Hall–Kier alpha value is -1.89. The molecular weight excluding hydrogens is 364 g/mol. The number of rotatable bonds is 5. The van der Waals surface area contributed by atoms with E-state index in [4.69, 9.17) is 5.11 Å². The number of carboxylic acids is 1. The molecule has 7 heteroatoms. The van der Waals surface area contributed by atoms with E-state index < -0.39 is 11.9 Å². The quantitative estimate of drug-likeness (QED) is 0.813. The summed E-state index contributed by atoms with van der Waals surface area (Å²) in [5.74, 6) is -1.68. The molecule has 1 unspecified atom stereocenters. The normalized spacial score (nSPS) is 17.6. The lowest BCUT2D eigenvalue weighted by Gasteiger charge is -2.30. The Morgan fingerprint density at radius 2 is 1.96 bits per heavy atom. The smallest absolute Gasteiger partial charge is 0.308 e. The lowest BCUT2D eigenvalue weighted by Crippen LogP contribution is -2.43. The minimum Gasteiger partial charge on any atom is -0.481 e. The monoisotopic (exact) mass is 382 g/mol. The van der Waals surface area contributed by atoms with Crippen molar-refractivity contribution >= 4 is 33.7 Å². The molecule has 0 saturated carbocycles. The van der Waals surface area contributed by atoms with Crippen LogP contribution < -0.4 is 5.32 Å². The van der Waals surface area contributed by atoms with Crippen molar-refractivity contribution in [2.24, 2.45) is 5.92 Å². The Bertz CT molecular complexity index is 588.